The van der Waals surface area contributed by atoms with Gasteiger partial charge in [-0.25, -0.2) is 4.98 Å². The Hall–Kier alpha value is -3.96. The first-order valence-corrected chi connectivity index (χ1v) is 13.2. The van der Waals surface area contributed by atoms with E-state index in [1.807, 2.05) is 64.1 Å². The molecule has 2 heterocycles. The van der Waals surface area contributed by atoms with E-state index in [-0.39, 0.29) is 17.7 Å². The van der Waals surface area contributed by atoms with E-state index in [2.05, 4.69) is 18.2 Å². The summed E-state index contributed by atoms with van der Waals surface area (Å²) in [4.78, 5) is 20.5. The molecular weight excluding hydrogens is 484 g/mol. The van der Waals surface area contributed by atoms with Crippen LogP contribution in [0.15, 0.2) is 71.9 Å². The Morgan fingerprint density at radius 2 is 1.81 bits per heavy atom. The molecule has 0 saturated carbocycles. The van der Waals surface area contributed by atoms with Gasteiger partial charge in [-0.1, -0.05) is 54.2 Å². The van der Waals surface area contributed by atoms with Gasteiger partial charge in [0, 0.05) is 13.1 Å². The van der Waals surface area contributed by atoms with Crippen molar-refractivity contribution >= 4 is 28.7 Å². The Morgan fingerprint density at radius 1 is 1.08 bits per heavy atom. The summed E-state index contributed by atoms with van der Waals surface area (Å²) in [7, 11) is 3.27. The fourth-order valence-electron chi connectivity index (χ4n) is 4.96. The third-order valence-electron chi connectivity index (χ3n) is 6.70. The lowest BCUT2D eigenvalue weighted by atomic mass is 9.87. The number of benzene rings is 3. The molecule has 3 aromatic carbocycles. The van der Waals surface area contributed by atoms with Crippen molar-refractivity contribution in [2.75, 3.05) is 26.5 Å². The van der Waals surface area contributed by atoms with Crippen LogP contribution in [0.25, 0.3) is 11.0 Å². The van der Waals surface area contributed by atoms with Crippen LogP contribution in [0.1, 0.15) is 29.2 Å². The van der Waals surface area contributed by atoms with Crippen molar-refractivity contribution in [3.63, 3.8) is 0 Å². The molecule has 188 valence electrons. The zero-order valence-corrected chi connectivity index (χ0v) is 21.7. The van der Waals surface area contributed by atoms with E-state index in [0.717, 1.165) is 39.3 Å². The number of aromatic nitrogens is 2. The van der Waals surface area contributed by atoms with Crippen molar-refractivity contribution in [2.45, 2.75) is 30.6 Å². The third-order valence-corrected chi connectivity index (χ3v) is 7.66. The van der Waals surface area contributed by atoms with E-state index in [9.17, 15) is 4.79 Å². The predicted molar refractivity (Wildman–Crippen MR) is 144 cm³/mol. The van der Waals surface area contributed by atoms with Crippen LogP contribution < -0.4 is 9.47 Å². The predicted octanol–water partition coefficient (Wildman–Crippen LogP) is 5.23. The normalized spacial score (nSPS) is 14.7. The minimum absolute atomic E-state index is 0.0400. The molecule has 0 saturated heterocycles. The van der Waals surface area contributed by atoms with Crippen molar-refractivity contribution < 1.29 is 14.3 Å². The molecule has 1 atom stereocenters. The first kappa shape index (κ1) is 24.7. The Kier molecular flexibility index (Phi) is 7.33. The van der Waals surface area contributed by atoms with Gasteiger partial charge in [-0.15, -0.1) is 0 Å². The zero-order valence-electron chi connectivity index (χ0n) is 20.9. The molecule has 1 aliphatic heterocycles. The van der Waals surface area contributed by atoms with E-state index < -0.39 is 0 Å². The highest BCUT2D eigenvalue weighted by atomic mass is 32.2. The number of ether oxygens (including phenoxy) is 2. The van der Waals surface area contributed by atoms with Gasteiger partial charge in [0.2, 0.25) is 5.91 Å². The smallest absolute Gasteiger partial charge is 0.233 e. The molecule has 0 fully saturated rings. The van der Waals surface area contributed by atoms with Crippen LogP contribution >= 0.6 is 11.8 Å². The first-order chi connectivity index (χ1) is 18.1. The summed E-state index contributed by atoms with van der Waals surface area (Å²) in [5, 5.41) is 9.89. The molecule has 4 aromatic rings. The van der Waals surface area contributed by atoms with Crippen LogP contribution in [-0.2, 0) is 17.8 Å². The van der Waals surface area contributed by atoms with E-state index in [1.165, 1.54) is 11.8 Å². The highest BCUT2D eigenvalue weighted by Crippen LogP contribution is 2.41. The summed E-state index contributed by atoms with van der Waals surface area (Å²) in [6.45, 7) is 1.14. The molecule has 1 aromatic heterocycles. The highest BCUT2D eigenvalue weighted by molar-refractivity contribution is 7.99. The number of fused-ring (bicyclic) bond motifs is 2. The number of para-hydroxylation sites is 2. The maximum Gasteiger partial charge on any atom is 0.233 e. The number of hydrogen-bond donors (Lipinski definition) is 0. The SMILES string of the molecule is COc1cc2c(cc1OC)[C@@H](c1ccccc1)N(C(=O)CSc1nc3ccccc3n1CCC#N)CC2. The zero-order chi connectivity index (χ0) is 25.8. The highest BCUT2D eigenvalue weighted by Gasteiger charge is 2.33. The van der Waals surface area contributed by atoms with Gasteiger partial charge in [-0.3, -0.25) is 4.79 Å². The molecule has 0 radical (unpaired) electrons. The maximum atomic E-state index is 13.7. The van der Waals surface area contributed by atoms with Gasteiger partial charge in [0.05, 0.1) is 49.5 Å². The summed E-state index contributed by atoms with van der Waals surface area (Å²) in [6, 6.07) is 24.0. The topological polar surface area (TPSA) is 80.4 Å². The molecule has 0 bridgehead atoms. The molecule has 8 heteroatoms. The molecule has 1 amide bonds. The van der Waals surface area contributed by atoms with Crippen molar-refractivity contribution in [2.24, 2.45) is 0 Å². The minimum Gasteiger partial charge on any atom is -0.493 e. The average Bonchev–Trinajstić information content (AvgIpc) is 3.30. The second kappa shape index (κ2) is 11.0. The Balaban J connectivity index is 1.45. The number of carbonyl (C=O) groups is 1. The van der Waals surface area contributed by atoms with Crippen molar-refractivity contribution in [1.29, 1.82) is 5.26 Å². The lowest BCUT2D eigenvalue weighted by Gasteiger charge is -2.38. The van der Waals surface area contributed by atoms with Gasteiger partial charge < -0.3 is 18.9 Å². The van der Waals surface area contributed by atoms with E-state index in [4.69, 9.17) is 19.7 Å². The van der Waals surface area contributed by atoms with Crippen LogP contribution in [0.5, 0.6) is 11.5 Å². The average molecular weight is 513 g/mol. The van der Waals surface area contributed by atoms with Gasteiger partial charge >= 0.3 is 0 Å². The third kappa shape index (κ3) is 4.87. The fourth-order valence-corrected chi connectivity index (χ4v) is 5.89. The number of hydrogen-bond acceptors (Lipinski definition) is 6. The standard InChI is InChI=1S/C29H28N4O3S/c1-35-25-17-21-13-16-33(28(20-9-4-3-5-10-20)22(21)18-26(25)36-2)27(34)19-37-29-31-23-11-6-7-12-24(23)32(29)15-8-14-30/h3-7,9-12,17-18,28H,8,13,15-16,19H2,1-2H3/t28-/m1/s1. The largest absolute Gasteiger partial charge is 0.493 e. The molecule has 0 aliphatic carbocycles. The molecule has 37 heavy (non-hydrogen) atoms. The van der Waals surface area contributed by atoms with Gasteiger partial charge in [-0.2, -0.15) is 5.26 Å². The van der Waals surface area contributed by atoms with Crippen LogP contribution in [0.2, 0.25) is 0 Å². The number of nitriles is 1. The lowest BCUT2D eigenvalue weighted by molar-refractivity contribution is -0.130. The second-order valence-electron chi connectivity index (χ2n) is 8.79. The molecule has 5 rings (SSSR count). The fraction of sp³-hybridized carbons (Fsp3) is 0.276. The molecule has 0 unspecified atom stereocenters. The Labute approximate surface area is 220 Å². The van der Waals surface area contributed by atoms with Crippen LogP contribution in [0, 0.1) is 11.3 Å². The number of rotatable bonds is 8. The van der Waals surface area contributed by atoms with Gasteiger partial charge in [0.25, 0.3) is 0 Å². The number of nitrogens with zero attached hydrogens (tertiary/aromatic N) is 4. The van der Waals surface area contributed by atoms with Gasteiger partial charge in [0.1, 0.15) is 0 Å². The number of methoxy groups -OCH3 is 2. The number of imidazole rings is 1. The minimum atomic E-state index is -0.227. The molecule has 7 nitrogen and oxygen atoms in total. The van der Waals surface area contributed by atoms with Crippen molar-refractivity contribution in [1.82, 2.24) is 14.5 Å². The summed E-state index contributed by atoms with van der Waals surface area (Å²) in [5.41, 5.74) is 5.10. The molecule has 1 aliphatic rings. The van der Waals surface area contributed by atoms with Crippen molar-refractivity contribution in [3.05, 3.63) is 83.4 Å². The molecular formula is C29H28N4O3S. The maximum absolute atomic E-state index is 13.7. The summed E-state index contributed by atoms with van der Waals surface area (Å²) in [6.07, 6.45) is 1.11. The number of aryl methyl sites for hydroxylation is 1. The monoisotopic (exact) mass is 512 g/mol. The molecule has 0 N–H and O–H groups in total. The summed E-state index contributed by atoms with van der Waals surface area (Å²) >= 11 is 1.42. The van der Waals surface area contributed by atoms with Crippen LogP contribution in [0.3, 0.4) is 0 Å². The van der Waals surface area contributed by atoms with E-state index >= 15 is 0 Å². The Bertz CT molecular complexity index is 1460. The quantitative estimate of drug-likeness (QED) is 0.301. The van der Waals surface area contributed by atoms with Crippen LogP contribution in [-0.4, -0.2) is 46.9 Å². The van der Waals surface area contributed by atoms with Gasteiger partial charge in [-0.05, 0) is 47.4 Å². The number of amides is 1. The lowest BCUT2D eigenvalue weighted by Crippen LogP contribution is -2.41. The first-order valence-electron chi connectivity index (χ1n) is 12.2. The summed E-state index contributed by atoms with van der Waals surface area (Å²) < 4.78 is 13.2. The van der Waals surface area contributed by atoms with Crippen LogP contribution in [0.4, 0.5) is 0 Å². The van der Waals surface area contributed by atoms with Crippen molar-refractivity contribution in [3.8, 4) is 17.6 Å². The van der Waals surface area contributed by atoms with E-state index in [1.54, 1.807) is 14.2 Å². The second-order valence-corrected chi connectivity index (χ2v) is 9.73. The molecule has 0 spiro atoms. The number of carbonyl (C=O) groups excluding carboxylic acids is 1. The van der Waals surface area contributed by atoms with E-state index in [0.29, 0.717) is 31.0 Å². The summed E-state index contributed by atoms with van der Waals surface area (Å²) in [5.74, 6) is 1.64. The Morgan fingerprint density at radius 3 is 2.57 bits per heavy atom. The van der Waals surface area contributed by atoms with Gasteiger partial charge in [0.15, 0.2) is 16.7 Å². The number of thioether (sulfide) groups is 1.